The number of rotatable bonds is 5. The van der Waals surface area contributed by atoms with Crippen LogP contribution >= 0.6 is 11.8 Å². The average molecular weight is 282 g/mol. The number of carboxylic acids is 1. The van der Waals surface area contributed by atoms with Crippen molar-refractivity contribution in [1.82, 2.24) is 0 Å². The second kappa shape index (κ2) is 6.04. The summed E-state index contributed by atoms with van der Waals surface area (Å²) in [5, 5.41) is 17.8. The standard InChI is InChI=1S/C13H15FN2O2S/c1-13(2,11(16)12(17)18)19-7-9-5-10(14)4-3-8(9)6-15/h3-5,11H,7,16H2,1-2H3,(H,17,18)/t11-/m1/s1. The molecule has 6 heteroatoms. The molecule has 1 atom stereocenters. The molecule has 3 N–H and O–H groups in total. The lowest BCUT2D eigenvalue weighted by Gasteiger charge is -2.28. The van der Waals surface area contributed by atoms with E-state index in [4.69, 9.17) is 16.1 Å². The minimum Gasteiger partial charge on any atom is -0.480 e. The van der Waals surface area contributed by atoms with Gasteiger partial charge >= 0.3 is 5.97 Å². The molecule has 0 aliphatic carbocycles. The molecular weight excluding hydrogens is 267 g/mol. The first-order valence-electron chi connectivity index (χ1n) is 5.59. The average Bonchev–Trinajstić information content (AvgIpc) is 2.35. The van der Waals surface area contributed by atoms with Crippen LogP contribution in [0.1, 0.15) is 25.0 Å². The van der Waals surface area contributed by atoms with Crippen LogP contribution in [0.15, 0.2) is 18.2 Å². The predicted molar refractivity (Wildman–Crippen MR) is 72.1 cm³/mol. The van der Waals surface area contributed by atoms with Crippen LogP contribution in [0.2, 0.25) is 0 Å². The van der Waals surface area contributed by atoms with Crippen LogP contribution in [0.3, 0.4) is 0 Å². The zero-order valence-corrected chi connectivity index (χ0v) is 11.5. The molecular formula is C13H15FN2O2S. The van der Waals surface area contributed by atoms with Crippen molar-refractivity contribution in [3.05, 3.63) is 35.1 Å². The molecule has 0 unspecified atom stereocenters. The topological polar surface area (TPSA) is 87.1 Å². The van der Waals surface area contributed by atoms with Gasteiger partial charge in [0.1, 0.15) is 11.9 Å². The molecule has 0 saturated carbocycles. The number of carbonyl (C=O) groups is 1. The number of hydrogen-bond donors (Lipinski definition) is 2. The van der Waals surface area contributed by atoms with Gasteiger partial charge in [-0.1, -0.05) is 0 Å². The van der Waals surface area contributed by atoms with Crippen molar-refractivity contribution in [3.63, 3.8) is 0 Å². The maximum Gasteiger partial charge on any atom is 0.321 e. The number of benzene rings is 1. The Morgan fingerprint density at radius 2 is 2.26 bits per heavy atom. The third-order valence-corrected chi connectivity index (χ3v) is 4.26. The van der Waals surface area contributed by atoms with Gasteiger partial charge in [-0.3, -0.25) is 4.79 Å². The Hall–Kier alpha value is -1.58. The van der Waals surface area contributed by atoms with Crippen LogP contribution in [-0.4, -0.2) is 21.9 Å². The number of aliphatic carboxylic acids is 1. The van der Waals surface area contributed by atoms with Gasteiger partial charge in [0.05, 0.1) is 11.6 Å². The summed E-state index contributed by atoms with van der Waals surface area (Å²) in [7, 11) is 0. The van der Waals surface area contributed by atoms with E-state index in [0.29, 0.717) is 16.9 Å². The van der Waals surface area contributed by atoms with E-state index in [1.807, 2.05) is 6.07 Å². The maximum absolute atomic E-state index is 13.2. The first-order chi connectivity index (χ1) is 8.77. The highest BCUT2D eigenvalue weighted by Gasteiger charge is 2.32. The number of thioether (sulfide) groups is 1. The van der Waals surface area contributed by atoms with E-state index in [-0.39, 0.29) is 0 Å². The molecule has 0 heterocycles. The van der Waals surface area contributed by atoms with Gasteiger partial charge in [-0.15, -0.1) is 11.8 Å². The summed E-state index contributed by atoms with van der Waals surface area (Å²) in [4.78, 5) is 10.9. The third kappa shape index (κ3) is 3.94. The minimum absolute atomic E-state index is 0.328. The van der Waals surface area contributed by atoms with E-state index in [0.717, 1.165) is 0 Å². The number of nitriles is 1. The lowest BCUT2D eigenvalue weighted by Crippen LogP contribution is -2.46. The summed E-state index contributed by atoms with van der Waals surface area (Å²) in [5.41, 5.74) is 6.52. The molecule has 0 aliphatic rings. The van der Waals surface area contributed by atoms with Crippen molar-refractivity contribution < 1.29 is 14.3 Å². The molecule has 1 rings (SSSR count). The van der Waals surface area contributed by atoms with E-state index >= 15 is 0 Å². The molecule has 19 heavy (non-hydrogen) atoms. The molecule has 1 aromatic rings. The zero-order valence-electron chi connectivity index (χ0n) is 10.7. The molecule has 102 valence electrons. The highest BCUT2D eigenvalue weighted by molar-refractivity contribution is 7.99. The molecule has 4 nitrogen and oxygen atoms in total. The smallest absolute Gasteiger partial charge is 0.321 e. The Morgan fingerprint density at radius 3 is 2.79 bits per heavy atom. The normalized spacial score (nSPS) is 12.8. The van der Waals surface area contributed by atoms with E-state index in [1.54, 1.807) is 13.8 Å². The van der Waals surface area contributed by atoms with Crippen LogP contribution in [0.5, 0.6) is 0 Å². The molecule has 0 bridgehead atoms. The van der Waals surface area contributed by atoms with E-state index in [1.165, 1.54) is 30.0 Å². The monoisotopic (exact) mass is 282 g/mol. The van der Waals surface area contributed by atoms with Crippen molar-refractivity contribution in [2.75, 3.05) is 0 Å². The van der Waals surface area contributed by atoms with E-state index in [9.17, 15) is 9.18 Å². The summed E-state index contributed by atoms with van der Waals surface area (Å²) in [5.74, 6) is -1.18. The maximum atomic E-state index is 13.2. The van der Waals surface area contributed by atoms with Crippen molar-refractivity contribution in [1.29, 1.82) is 5.26 Å². The second-order valence-electron chi connectivity index (χ2n) is 4.62. The van der Waals surface area contributed by atoms with Gasteiger partial charge < -0.3 is 10.8 Å². The van der Waals surface area contributed by atoms with Gasteiger partial charge in [0.15, 0.2) is 0 Å². The first-order valence-corrected chi connectivity index (χ1v) is 6.57. The lowest BCUT2D eigenvalue weighted by molar-refractivity contribution is -0.139. The summed E-state index contributed by atoms with van der Waals surface area (Å²) in [6.07, 6.45) is 0. The van der Waals surface area contributed by atoms with Crippen LogP contribution in [-0.2, 0) is 10.5 Å². The molecule has 0 radical (unpaired) electrons. The molecule has 0 fully saturated rings. The first kappa shape index (κ1) is 15.5. The van der Waals surface area contributed by atoms with Crippen LogP contribution in [0.25, 0.3) is 0 Å². The summed E-state index contributed by atoms with van der Waals surface area (Å²) >= 11 is 1.28. The van der Waals surface area contributed by atoms with Crippen LogP contribution in [0, 0.1) is 17.1 Å². The Kier molecular flexibility index (Phi) is 4.92. The molecule has 0 amide bonds. The summed E-state index contributed by atoms with van der Waals surface area (Å²) in [6, 6.07) is 4.87. The highest BCUT2D eigenvalue weighted by atomic mass is 32.2. The van der Waals surface area contributed by atoms with Crippen LogP contribution < -0.4 is 5.73 Å². The molecule has 0 aromatic heterocycles. The van der Waals surface area contributed by atoms with Crippen molar-refractivity contribution >= 4 is 17.7 Å². The van der Waals surface area contributed by atoms with E-state index < -0.39 is 22.6 Å². The fraction of sp³-hybridized carbons (Fsp3) is 0.385. The van der Waals surface area contributed by atoms with Gasteiger partial charge in [-0.25, -0.2) is 4.39 Å². The predicted octanol–water partition coefficient (Wildman–Crippen LogP) is 2.12. The molecule has 0 saturated heterocycles. The zero-order chi connectivity index (χ0) is 14.6. The number of carboxylic acid groups (broad SMARTS) is 1. The second-order valence-corrected chi connectivity index (χ2v) is 6.25. The SMILES string of the molecule is CC(C)(SCc1cc(F)ccc1C#N)[C@H](N)C(=O)O. The Labute approximate surface area is 115 Å². The van der Waals surface area contributed by atoms with E-state index in [2.05, 4.69) is 0 Å². The van der Waals surface area contributed by atoms with Crippen molar-refractivity contribution in [2.45, 2.75) is 30.4 Å². The molecule has 0 spiro atoms. The number of nitrogens with two attached hydrogens (primary N) is 1. The van der Waals surface area contributed by atoms with Crippen LogP contribution in [0.4, 0.5) is 4.39 Å². The quantitative estimate of drug-likeness (QED) is 0.863. The Bertz CT molecular complexity index is 526. The Morgan fingerprint density at radius 1 is 1.63 bits per heavy atom. The Balaban J connectivity index is 2.85. The largest absolute Gasteiger partial charge is 0.480 e. The third-order valence-electron chi connectivity index (χ3n) is 2.80. The minimum atomic E-state index is -1.09. The van der Waals surface area contributed by atoms with Crippen molar-refractivity contribution in [3.8, 4) is 6.07 Å². The van der Waals surface area contributed by atoms with Gasteiger partial charge in [0, 0.05) is 10.5 Å². The van der Waals surface area contributed by atoms with Gasteiger partial charge in [0.25, 0.3) is 0 Å². The number of hydrogen-bond acceptors (Lipinski definition) is 4. The number of nitrogens with zero attached hydrogens (tertiary/aromatic N) is 1. The van der Waals surface area contributed by atoms with Gasteiger partial charge in [0.2, 0.25) is 0 Å². The highest BCUT2D eigenvalue weighted by Crippen LogP contribution is 2.31. The molecule has 0 aliphatic heterocycles. The fourth-order valence-electron chi connectivity index (χ4n) is 1.44. The van der Waals surface area contributed by atoms with Gasteiger partial charge in [-0.2, -0.15) is 5.26 Å². The number of halogens is 1. The summed E-state index contributed by atoms with van der Waals surface area (Å²) < 4.78 is 12.4. The van der Waals surface area contributed by atoms with Gasteiger partial charge in [-0.05, 0) is 37.6 Å². The van der Waals surface area contributed by atoms with Crippen molar-refractivity contribution in [2.24, 2.45) is 5.73 Å². The fourth-order valence-corrected chi connectivity index (χ4v) is 2.49. The molecule has 1 aromatic carbocycles. The lowest BCUT2D eigenvalue weighted by atomic mass is 10.1. The summed E-state index contributed by atoms with van der Waals surface area (Å²) in [6.45, 7) is 3.42.